The highest BCUT2D eigenvalue weighted by molar-refractivity contribution is 6.30. The van der Waals surface area contributed by atoms with E-state index in [-0.39, 0.29) is 23.5 Å². The topological polar surface area (TPSA) is 58.6 Å². The fourth-order valence-electron chi connectivity index (χ4n) is 4.26. The standard InChI is InChI=1S/C21H23ClN2O3/c1-13-18(21(26)24-9-11-27-12-10-24)19(14-5-7-15(22)8-6-14)20-16(23-13)3-2-4-17(20)25/h3,5-8,19-20,23H,2,4,9-12H2,1H3. The summed E-state index contributed by atoms with van der Waals surface area (Å²) in [6, 6.07) is 7.50. The first-order valence-corrected chi connectivity index (χ1v) is 9.77. The number of Topliss-reactive ketones (excluding diaryl/α,β-unsaturated/α-hetero) is 1. The summed E-state index contributed by atoms with van der Waals surface area (Å²) < 4.78 is 5.39. The normalized spacial score (nSPS) is 25.6. The van der Waals surface area contributed by atoms with Gasteiger partial charge >= 0.3 is 0 Å². The Morgan fingerprint density at radius 2 is 1.89 bits per heavy atom. The minimum atomic E-state index is -0.344. The molecule has 0 saturated carbocycles. The Bertz CT molecular complexity index is 822. The fraction of sp³-hybridized carbons (Fsp3) is 0.429. The molecule has 6 heteroatoms. The summed E-state index contributed by atoms with van der Waals surface area (Å²) in [5.74, 6) is -0.470. The van der Waals surface area contributed by atoms with E-state index in [2.05, 4.69) is 11.4 Å². The van der Waals surface area contributed by atoms with Gasteiger partial charge in [0, 0.05) is 47.4 Å². The minimum Gasteiger partial charge on any atom is -0.378 e. The Balaban J connectivity index is 1.81. The van der Waals surface area contributed by atoms with Crippen molar-refractivity contribution in [3.05, 3.63) is 57.9 Å². The van der Waals surface area contributed by atoms with Crippen molar-refractivity contribution in [1.82, 2.24) is 10.2 Å². The Labute approximate surface area is 164 Å². The molecule has 0 radical (unpaired) electrons. The molecule has 1 aromatic carbocycles. The number of halogens is 1. The molecule has 2 heterocycles. The summed E-state index contributed by atoms with van der Waals surface area (Å²) >= 11 is 6.07. The van der Waals surface area contributed by atoms with E-state index in [0.29, 0.717) is 43.3 Å². The van der Waals surface area contributed by atoms with Crippen molar-refractivity contribution in [2.24, 2.45) is 5.92 Å². The van der Waals surface area contributed by atoms with Crippen molar-refractivity contribution in [3.63, 3.8) is 0 Å². The zero-order valence-electron chi connectivity index (χ0n) is 15.3. The third kappa shape index (κ3) is 3.42. The third-order valence-electron chi connectivity index (χ3n) is 5.57. The molecule has 2 unspecified atom stereocenters. The van der Waals surface area contributed by atoms with E-state index in [0.717, 1.165) is 23.4 Å². The van der Waals surface area contributed by atoms with E-state index in [4.69, 9.17) is 16.3 Å². The van der Waals surface area contributed by atoms with Crippen LogP contribution in [0.2, 0.25) is 5.02 Å². The highest BCUT2D eigenvalue weighted by atomic mass is 35.5. The molecule has 27 heavy (non-hydrogen) atoms. The predicted molar refractivity (Wildman–Crippen MR) is 103 cm³/mol. The van der Waals surface area contributed by atoms with Gasteiger partial charge in [-0.05, 0) is 31.0 Å². The second kappa shape index (κ2) is 7.49. The number of carbonyl (C=O) groups is 2. The van der Waals surface area contributed by atoms with Gasteiger partial charge in [0.25, 0.3) is 5.91 Å². The van der Waals surface area contributed by atoms with Gasteiger partial charge in [0.1, 0.15) is 5.78 Å². The lowest BCUT2D eigenvalue weighted by molar-refractivity contribution is -0.132. The number of nitrogens with one attached hydrogen (secondary N) is 1. The van der Waals surface area contributed by atoms with Crippen LogP contribution in [0, 0.1) is 5.92 Å². The molecule has 5 nitrogen and oxygen atoms in total. The molecule has 1 saturated heterocycles. The number of allylic oxidation sites excluding steroid dienone is 3. The van der Waals surface area contributed by atoms with E-state index >= 15 is 0 Å². The Morgan fingerprint density at radius 1 is 1.19 bits per heavy atom. The highest BCUT2D eigenvalue weighted by Crippen LogP contribution is 2.44. The molecular weight excluding hydrogens is 364 g/mol. The predicted octanol–water partition coefficient (Wildman–Crippen LogP) is 3.02. The van der Waals surface area contributed by atoms with Gasteiger partial charge in [-0.25, -0.2) is 0 Å². The average Bonchev–Trinajstić information content (AvgIpc) is 2.68. The lowest BCUT2D eigenvalue weighted by Crippen LogP contribution is -2.47. The van der Waals surface area contributed by atoms with Crippen molar-refractivity contribution in [2.75, 3.05) is 26.3 Å². The molecule has 0 aromatic heterocycles. The Morgan fingerprint density at radius 3 is 2.59 bits per heavy atom. The smallest absolute Gasteiger partial charge is 0.252 e. The van der Waals surface area contributed by atoms with Crippen LogP contribution in [-0.4, -0.2) is 42.9 Å². The molecule has 0 spiro atoms. The number of benzene rings is 1. The zero-order chi connectivity index (χ0) is 19.0. The Hall–Kier alpha value is -2.11. The summed E-state index contributed by atoms with van der Waals surface area (Å²) in [6.07, 6.45) is 3.34. The van der Waals surface area contributed by atoms with Gasteiger partial charge in [-0.2, -0.15) is 0 Å². The third-order valence-corrected chi connectivity index (χ3v) is 5.83. The van der Waals surface area contributed by atoms with Crippen LogP contribution < -0.4 is 5.32 Å². The average molecular weight is 387 g/mol. The first-order chi connectivity index (χ1) is 13.1. The molecule has 142 valence electrons. The molecule has 2 atom stereocenters. The molecule has 0 bridgehead atoms. The largest absolute Gasteiger partial charge is 0.378 e. The van der Waals surface area contributed by atoms with Crippen LogP contribution in [0.1, 0.15) is 31.2 Å². The highest BCUT2D eigenvalue weighted by Gasteiger charge is 2.43. The van der Waals surface area contributed by atoms with Gasteiger partial charge in [0.05, 0.1) is 19.1 Å². The number of carbonyl (C=O) groups excluding carboxylic acids is 2. The van der Waals surface area contributed by atoms with Crippen molar-refractivity contribution < 1.29 is 14.3 Å². The molecular formula is C21H23ClN2O3. The number of fused-ring (bicyclic) bond motifs is 1. The van der Waals surface area contributed by atoms with Crippen molar-refractivity contribution >= 4 is 23.3 Å². The number of morpholine rings is 1. The van der Waals surface area contributed by atoms with Crippen LogP contribution in [0.15, 0.2) is 47.3 Å². The van der Waals surface area contributed by atoms with Crippen molar-refractivity contribution in [1.29, 1.82) is 0 Å². The van der Waals surface area contributed by atoms with E-state index in [9.17, 15) is 9.59 Å². The summed E-state index contributed by atoms with van der Waals surface area (Å²) in [4.78, 5) is 28.1. The van der Waals surface area contributed by atoms with Gasteiger partial charge in [-0.1, -0.05) is 29.8 Å². The number of nitrogens with zero attached hydrogens (tertiary/aromatic N) is 1. The van der Waals surface area contributed by atoms with E-state index in [1.807, 2.05) is 36.1 Å². The van der Waals surface area contributed by atoms with Gasteiger partial charge < -0.3 is 15.0 Å². The second-order valence-electron chi connectivity index (χ2n) is 7.24. The molecule has 1 aliphatic carbocycles. The van der Waals surface area contributed by atoms with E-state index < -0.39 is 0 Å². The first-order valence-electron chi connectivity index (χ1n) is 9.39. The quantitative estimate of drug-likeness (QED) is 0.848. The van der Waals surface area contributed by atoms with Crippen LogP contribution >= 0.6 is 11.6 Å². The summed E-state index contributed by atoms with van der Waals surface area (Å²) in [5, 5.41) is 3.98. The number of ether oxygens (including phenoxy) is 1. The summed E-state index contributed by atoms with van der Waals surface area (Å²) in [6.45, 7) is 4.16. The molecule has 1 aromatic rings. The monoisotopic (exact) mass is 386 g/mol. The number of rotatable bonds is 2. The van der Waals surface area contributed by atoms with Crippen LogP contribution in [0.4, 0.5) is 0 Å². The SMILES string of the molecule is CC1=C(C(=O)N2CCOCC2)C(c2ccc(Cl)cc2)C2C(=O)CCC=C2N1. The molecule has 4 rings (SSSR count). The Kier molecular flexibility index (Phi) is 5.06. The van der Waals surface area contributed by atoms with E-state index in [1.165, 1.54) is 0 Å². The summed E-state index contributed by atoms with van der Waals surface area (Å²) in [5.41, 5.74) is 3.37. The molecule has 2 aliphatic heterocycles. The lowest BCUT2D eigenvalue weighted by atomic mass is 9.70. The maximum absolute atomic E-state index is 13.4. The maximum Gasteiger partial charge on any atom is 0.252 e. The van der Waals surface area contributed by atoms with Crippen molar-refractivity contribution in [3.8, 4) is 0 Å². The van der Waals surface area contributed by atoms with Crippen LogP contribution in [0.3, 0.4) is 0 Å². The number of amides is 1. The van der Waals surface area contributed by atoms with Gasteiger partial charge in [0.15, 0.2) is 0 Å². The number of hydrogen-bond donors (Lipinski definition) is 1. The first kappa shape index (κ1) is 18.3. The van der Waals surface area contributed by atoms with Gasteiger partial charge in [-0.3, -0.25) is 9.59 Å². The van der Waals surface area contributed by atoms with Gasteiger partial charge in [-0.15, -0.1) is 0 Å². The molecule has 1 amide bonds. The molecule has 3 aliphatic rings. The second-order valence-corrected chi connectivity index (χ2v) is 7.68. The maximum atomic E-state index is 13.4. The minimum absolute atomic E-state index is 0.0133. The molecule has 1 N–H and O–H groups in total. The number of ketones is 1. The lowest BCUT2D eigenvalue weighted by Gasteiger charge is -2.40. The zero-order valence-corrected chi connectivity index (χ0v) is 16.1. The van der Waals surface area contributed by atoms with Crippen LogP contribution in [0.25, 0.3) is 0 Å². The van der Waals surface area contributed by atoms with Crippen LogP contribution in [0.5, 0.6) is 0 Å². The van der Waals surface area contributed by atoms with Gasteiger partial charge in [0.2, 0.25) is 0 Å². The number of hydrogen-bond acceptors (Lipinski definition) is 4. The fourth-order valence-corrected chi connectivity index (χ4v) is 4.39. The molecule has 1 fully saturated rings. The van der Waals surface area contributed by atoms with Crippen molar-refractivity contribution in [2.45, 2.75) is 25.7 Å². The summed E-state index contributed by atoms with van der Waals surface area (Å²) in [7, 11) is 0. The van der Waals surface area contributed by atoms with Crippen LogP contribution in [-0.2, 0) is 14.3 Å². The van der Waals surface area contributed by atoms with E-state index in [1.54, 1.807) is 0 Å².